The zero-order chi connectivity index (χ0) is 14.5. The monoisotopic (exact) mass is 275 g/mol. The number of anilines is 2. The van der Waals surface area contributed by atoms with Crippen LogP contribution in [0.1, 0.15) is 26.2 Å². The van der Waals surface area contributed by atoms with Gasteiger partial charge in [0.2, 0.25) is 11.8 Å². The maximum atomic E-state index is 12.0. The van der Waals surface area contributed by atoms with E-state index in [-0.39, 0.29) is 18.4 Å². The second-order valence-electron chi connectivity index (χ2n) is 5.42. The van der Waals surface area contributed by atoms with Crippen LogP contribution in [-0.4, -0.2) is 29.8 Å². The molecule has 1 aromatic rings. The molecule has 1 aliphatic rings. The van der Waals surface area contributed by atoms with E-state index in [2.05, 4.69) is 12.2 Å². The van der Waals surface area contributed by atoms with E-state index >= 15 is 0 Å². The minimum Gasteiger partial charge on any atom is -0.399 e. The van der Waals surface area contributed by atoms with E-state index in [1.54, 1.807) is 29.2 Å². The lowest BCUT2D eigenvalue weighted by molar-refractivity contribution is -0.134. The van der Waals surface area contributed by atoms with Crippen molar-refractivity contribution in [2.75, 3.05) is 24.1 Å². The zero-order valence-electron chi connectivity index (χ0n) is 11.8. The third kappa shape index (κ3) is 3.98. The molecule has 1 aromatic carbocycles. The van der Waals surface area contributed by atoms with Crippen LogP contribution in [0.2, 0.25) is 0 Å². The second kappa shape index (κ2) is 6.41. The van der Waals surface area contributed by atoms with Crippen molar-refractivity contribution in [2.45, 2.75) is 26.2 Å². The van der Waals surface area contributed by atoms with Crippen molar-refractivity contribution in [3.8, 4) is 0 Å². The average Bonchev–Trinajstić information content (AvgIpc) is 2.57. The Morgan fingerprint density at radius 1 is 1.35 bits per heavy atom. The number of likely N-dealkylation sites (tertiary alicyclic amines) is 1. The van der Waals surface area contributed by atoms with Gasteiger partial charge in [0.15, 0.2) is 0 Å². The first-order valence-corrected chi connectivity index (χ1v) is 6.98. The normalized spacial score (nSPS) is 19.6. The number of carbonyl (C=O) groups is 2. The number of hydrogen-bond donors (Lipinski definition) is 2. The molecule has 0 bridgehead atoms. The van der Waals surface area contributed by atoms with E-state index < -0.39 is 0 Å². The molecule has 1 saturated heterocycles. The van der Waals surface area contributed by atoms with Crippen LogP contribution in [0.4, 0.5) is 11.4 Å². The van der Waals surface area contributed by atoms with Crippen LogP contribution in [-0.2, 0) is 9.59 Å². The van der Waals surface area contributed by atoms with Gasteiger partial charge in [-0.3, -0.25) is 9.59 Å². The number of nitrogens with zero attached hydrogens (tertiary/aromatic N) is 1. The molecule has 1 heterocycles. The van der Waals surface area contributed by atoms with Crippen LogP contribution in [0.5, 0.6) is 0 Å². The molecular weight excluding hydrogens is 254 g/mol. The summed E-state index contributed by atoms with van der Waals surface area (Å²) >= 11 is 0. The van der Waals surface area contributed by atoms with Gasteiger partial charge in [-0.05, 0) is 43.0 Å². The summed E-state index contributed by atoms with van der Waals surface area (Å²) in [4.78, 5) is 25.5. The SMILES string of the molecule is CC1CCC(=O)N(CC(=O)Nc2ccc(N)cc2)CC1. The Balaban J connectivity index is 1.90. The van der Waals surface area contributed by atoms with E-state index in [9.17, 15) is 9.59 Å². The van der Waals surface area contributed by atoms with Gasteiger partial charge in [-0.25, -0.2) is 0 Å². The standard InChI is InChI=1S/C15H21N3O2/c1-11-2-7-15(20)18(9-8-11)10-14(19)17-13-5-3-12(16)4-6-13/h3-6,11H,2,7-10,16H2,1H3,(H,17,19). The molecule has 1 aliphatic heterocycles. The van der Waals surface area contributed by atoms with Gasteiger partial charge in [-0.15, -0.1) is 0 Å². The summed E-state index contributed by atoms with van der Waals surface area (Å²) in [7, 11) is 0. The van der Waals surface area contributed by atoms with Crippen molar-refractivity contribution in [3.05, 3.63) is 24.3 Å². The molecule has 20 heavy (non-hydrogen) atoms. The largest absolute Gasteiger partial charge is 0.399 e. The van der Waals surface area contributed by atoms with Gasteiger partial charge in [0.1, 0.15) is 0 Å². The Morgan fingerprint density at radius 3 is 2.75 bits per heavy atom. The highest BCUT2D eigenvalue weighted by Gasteiger charge is 2.21. The predicted molar refractivity (Wildman–Crippen MR) is 79.1 cm³/mol. The van der Waals surface area contributed by atoms with Crippen molar-refractivity contribution in [1.82, 2.24) is 4.90 Å². The first kappa shape index (κ1) is 14.4. The molecule has 1 unspecified atom stereocenters. The van der Waals surface area contributed by atoms with Crippen LogP contribution < -0.4 is 11.1 Å². The quantitative estimate of drug-likeness (QED) is 0.827. The summed E-state index contributed by atoms with van der Waals surface area (Å²) in [6.45, 7) is 2.93. The maximum Gasteiger partial charge on any atom is 0.243 e. The summed E-state index contributed by atoms with van der Waals surface area (Å²) in [5.41, 5.74) is 6.94. The summed E-state index contributed by atoms with van der Waals surface area (Å²) < 4.78 is 0. The molecule has 1 fully saturated rings. The number of nitrogens with two attached hydrogens (primary N) is 1. The number of rotatable bonds is 3. The number of hydrogen-bond acceptors (Lipinski definition) is 3. The lowest BCUT2D eigenvalue weighted by atomic mass is 10.0. The lowest BCUT2D eigenvalue weighted by Gasteiger charge is -2.20. The number of carbonyl (C=O) groups excluding carboxylic acids is 2. The van der Waals surface area contributed by atoms with Gasteiger partial charge in [-0.2, -0.15) is 0 Å². The first-order valence-electron chi connectivity index (χ1n) is 6.98. The maximum absolute atomic E-state index is 12.0. The first-order chi connectivity index (χ1) is 9.54. The molecule has 0 aromatic heterocycles. The van der Waals surface area contributed by atoms with E-state index in [1.165, 1.54) is 0 Å². The molecule has 108 valence electrons. The third-order valence-corrected chi connectivity index (χ3v) is 3.62. The van der Waals surface area contributed by atoms with Gasteiger partial charge in [0.25, 0.3) is 0 Å². The zero-order valence-corrected chi connectivity index (χ0v) is 11.8. The number of nitrogen functional groups attached to an aromatic ring is 1. The summed E-state index contributed by atoms with van der Waals surface area (Å²) in [5, 5.41) is 2.78. The molecule has 5 heteroatoms. The van der Waals surface area contributed by atoms with E-state index in [0.717, 1.165) is 12.8 Å². The Kier molecular flexibility index (Phi) is 4.61. The summed E-state index contributed by atoms with van der Waals surface area (Å²) in [6.07, 6.45) is 2.41. The Morgan fingerprint density at radius 2 is 2.05 bits per heavy atom. The van der Waals surface area contributed by atoms with Gasteiger partial charge in [-0.1, -0.05) is 6.92 Å². The Bertz CT molecular complexity index is 484. The molecule has 3 N–H and O–H groups in total. The van der Waals surface area contributed by atoms with Gasteiger partial charge < -0.3 is 16.0 Å². The molecule has 0 radical (unpaired) electrons. The molecule has 0 spiro atoms. The van der Waals surface area contributed by atoms with Crippen molar-refractivity contribution < 1.29 is 9.59 Å². The van der Waals surface area contributed by atoms with Crippen molar-refractivity contribution in [2.24, 2.45) is 5.92 Å². The predicted octanol–water partition coefficient (Wildman–Crippen LogP) is 1.86. The smallest absolute Gasteiger partial charge is 0.243 e. The minimum absolute atomic E-state index is 0.0711. The Hall–Kier alpha value is -2.04. The highest BCUT2D eigenvalue weighted by atomic mass is 16.2. The van der Waals surface area contributed by atoms with E-state index in [1.807, 2.05) is 0 Å². The molecule has 0 saturated carbocycles. The number of nitrogens with one attached hydrogen (secondary N) is 1. The van der Waals surface area contributed by atoms with Crippen LogP contribution >= 0.6 is 0 Å². The molecule has 1 atom stereocenters. The van der Waals surface area contributed by atoms with Crippen LogP contribution in [0.15, 0.2) is 24.3 Å². The topological polar surface area (TPSA) is 75.4 Å². The van der Waals surface area contributed by atoms with Crippen LogP contribution in [0.3, 0.4) is 0 Å². The molecule has 0 aliphatic carbocycles. The van der Waals surface area contributed by atoms with Crippen molar-refractivity contribution >= 4 is 23.2 Å². The molecule has 2 amide bonds. The highest BCUT2D eigenvalue weighted by molar-refractivity contribution is 5.94. The van der Waals surface area contributed by atoms with Gasteiger partial charge >= 0.3 is 0 Å². The number of benzene rings is 1. The van der Waals surface area contributed by atoms with Crippen molar-refractivity contribution in [1.29, 1.82) is 0 Å². The van der Waals surface area contributed by atoms with Crippen LogP contribution in [0, 0.1) is 5.92 Å². The fourth-order valence-corrected chi connectivity index (χ4v) is 2.28. The molecule has 2 rings (SSSR count). The summed E-state index contributed by atoms with van der Waals surface area (Å²) in [6, 6.07) is 6.96. The highest BCUT2D eigenvalue weighted by Crippen LogP contribution is 2.17. The lowest BCUT2D eigenvalue weighted by Crippen LogP contribution is -2.37. The minimum atomic E-state index is -0.169. The van der Waals surface area contributed by atoms with Crippen molar-refractivity contribution in [3.63, 3.8) is 0 Å². The third-order valence-electron chi connectivity index (χ3n) is 3.62. The second-order valence-corrected chi connectivity index (χ2v) is 5.42. The Labute approximate surface area is 119 Å². The fraction of sp³-hybridized carbons (Fsp3) is 0.467. The van der Waals surface area contributed by atoms with E-state index in [4.69, 9.17) is 5.73 Å². The fourth-order valence-electron chi connectivity index (χ4n) is 2.28. The van der Waals surface area contributed by atoms with Gasteiger partial charge in [0.05, 0.1) is 6.54 Å². The molecule has 5 nitrogen and oxygen atoms in total. The molecular formula is C15H21N3O2. The van der Waals surface area contributed by atoms with E-state index in [0.29, 0.717) is 30.3 Å². The van der Waals surface area contributed by atoms with Gasteiger partial charge in [0, 0.05) is 24.3 Å². The average molecular weight is 275 g/mol. The summed E-state index contributed by atoms with van der Waals surface area (Å²) in [5.74, 6) is 0.448. The van der Waals surface area contributed by atoms with Crippen LogP contribution in [0.25, 0.3) is 0 Å². The number of amides is 2.